The van der Waals surface area contributed by atoms with Crippen molar-refractivity contribution >= 4 is 10.0 Å². The van der Waals surface area contributed by atoms with Gasteiger partial charge in [-0.2, -0.15) is 9.40 Å². The number of sulfonamides is 1. The van der Waals surface area contributed by atoms with E-state index in [2.05, 4.69) is 19.9 Å². The predicted molar refractivity (Wildman–Crippen MR) is 86.7 cm³/mol. The highest BCUT2D eigenvalue weighted by Crippen LogP contribution is 2.36. The molecule has 130 valence electrons. The zero-order chi connectivity index (χ0) is 16.7. The number of aryl methyl sites for hydroxylation is 2. The molecule has 0 N–H and O–H groups in total. The van der Waals surface area contributed by atoms with Gasteiger partial charge in [-0.05, 0) is 25.7 Å². The highest BCUT2D eigenvalue weighted by Gasteiger charge is 2.39. The molecule has 0 bridgehead atoms. The van der Waals surface area contributed by atoms with E-state index in [1.54, 1.807) is 17.5 Å². The van der Waals surface area contributed by atoms with Gasteiger partial charge in [0, 0.05) is 32.8 Å². The second kappa shape index (κ2) is 5.96. The van der Waals surface area contributed by atoms with Gasteiger partial charge >= 0.3 is 0 Å². The van der Waals surface area contributed by atoms with Crippen LogP contribution in [0.15, 0.2) is 17.3 Å². The van der Waals surface area contributed by atoms with Gasteiger partial charge in [0.15, 0.2) is 5.82 Å². The average molecular weight is 350 g/mol. The van der Waals surface area contributed by atoms with E-state index in [1.165, 1.54) is 17.3 Å². The Morgan fingerprint density at radius 2 is 2.00 bits per heavy atom. The summed E-state index contributed by atoms with van der Waals surface area (Å²) in [6, 6.07) is -0.227. The van der Waals surface area contributed by atoms with Crippen LogP contribution in [0, 0.1) is 0 Å². The summed E-state index contributed by atoms with van der Waals surface area (Å²) in [5.41, 5.74) is 0. The summed E-state index contributed by atoms with van der Waals surface area (Å²) in [6.07, 6.45) is 8.93. The molecule has 0 aromatic carbocycles. The van der Waals surface area contributed by atoms with E-state index in [1.807, 2.05) is 0 Å². The maximum absolute atomic E-state index is 13.0. The Balaban J connectivity index is 1.70. The van der Waals surface area contributed by atoms with E-state index in [9.17, 15) is 8.42 Å². The minimum atomic E-state index is -3.56. The minimum Gasteiger partial charge on any atom is -0.314 e. The van der Waals surface area contributed by atoms with E-state index in [-0.39, 0.29) is 10.9 Å². The molecular formula is C15H22N6O2S. The van der Waals surface area contributed by atoms with Crippen LogP contribution in [-0.4, -0.2) is 43.8 Å². The van der Waals surface area contributed by atoms with Crippen LogP contribution < -0.4 is 0 Å². The second-order valence-corrected chi connectivity index (χ2v) is 8.45. The van der Waals surface area contributed by atoms with Gasteiger partial charge < -0.3 is 4.57 Å². The first-order valence-electron chi connectivity index (χ1n) is 8.50. The van der Waals surface area contributed by atoms with Crippen LogP contribution in [0.25, 0.3) is 0 Å². The quantitative estimate of drug-likeness (QED) is 0.832. The Hall–Kier alpha value is -1.74. The van der Waals surface area contributed by atoms with Gasteiger partial charge in [0.05, 0.1) is 12.2 Å². The zero-order valence-electron chi connectivity index (χ0n) is 13.8. The van der Waals surface area contributed by atoms with Gasteiger partial charge in [-0.15, -0.1) is 10.2 Å². The Labute approximate surface area is 141 Å². The highest BCUT2D eigenvalue weighted by atomic mass is 32.2. The van der Waals surface area contributed by atoms with Crippen LogP contribution in [0.1, 0.15) is 49.8 Å². The smallest absolute Gasteiger partial charge is 0.246 e. The number of aromatic nitrogens is 5. The molecule has 2 aliphatic rings. The Bertz CT molecular complexity index is 840. The average Bonchev–Trinajstić information content (AvgIpc) is 3.24. The molecule has 9 heteroatoms. The maximum atomic E-state index is 13.0. The SMILES string of the molecule is Cn1cc(S(=O)(=O)N2CCCC2c2nnc3n2CCCCC3)cn1. The fourth-order valence-corrected chi connectivity index (χ4v) is 5.35. The topological polar surface area (TPSA) is 85.9 Å². The zero-order valence-corrected chi connectivity index (χ0v) is 14.6. The summed E-state index contributed by atoms with van der Waals surface area (Å²) in [7, 11) is -1.84. The van der Waals surface area contributed by atoms with Crippen molar-refractivity contribution < 1.29 is 8.42 Å². The van der Waals surface area contributed by atoms with E-state index in [4.69, 9.17) is 0 Å². The summed E-state index contributed by atoms with van der Waals surface area (Å²) in [6.45, 7) is 1.40. The maximum Gasteiger partial charge on any atom is 0.246 e. The second-order valence-electron chi connectivity index (χ2n) is 6.56. The van der Waals surface area contributed by atoms with Crippen LogP contribution in [0.3, 0.4) is 0 Å². The third-order valence-electron chi connectivity index (χ3n) is 4.93. The van der Waals surface area contributed by atoms with Crippen LogP contribution >= 0.6 is 0 Å². The third-order valence-corrected chi connectivity index (χ3v) is 6.79. The molecule has 1 unspecified atom stereocenters. The molecule has 8 nitrogen and oxygen atoms in total. The molecule has 1 atom stereocenters. The number of fused-ring (bicyclic) bond motifs is 1. The number of rotatable bonds is 3. The molecule has 0 spiro atoms. The highest BCUT2D eigenvalue weighted by molar-refractivity contribution is 7.89. The molecule has 4 rings (SSSR count). The van der Waals surface area contributed by atoms with Gasteiger partial charge in [0.1, 0.15) is 10.7 Å². The lowest BCUT2D eigenvalue weighted by atomic mass is 10.2. The minimum absolute atomic E-state index is 0.227. The van der Waals surface area contributed by atoms with Crippen molar-refractivity contribution in [3.05, 3.63) is 24.0 Å². The molecule has 2 aliphatic heterocycles. The summed E-state index contributed by atoms with van der Waals surface area (Å²) >= 11 is 0. The van der Waals surface area contributed by atoms with Crippen molar-refractivity contribution in [2.45, 2.75) is 56.0 Å². The summed E-state index contributed by atoms with van der Waals surface area (Å²) in [5.74, 6) is 1.80. The van der Waals surface area contributed by atoms with Gasteiger partial charge in [0.2, 0.25) is 10.0 Å². The van der Waals surface area contributed by atoms with Crippen molar-refractivity contribution in [1.82, 2.24) is 28.9 Å². The van der Waals surface area contributed by atoms with Gasteiger partial charge in [-0.1, -0.05) is 6.42 Å². The first-order valence-corrected chi connectivity index (χ1v) is 9.94. The molecule has 2 aromatic rings. The van der Waals surface area contributed by atoms with E-state index in [0.29, 0.717) is 6.54 Å². The lowest BCUT2D eigenvalue weighted by Gasteiger charge is -2.23. The first kappa shape index (κ1) is 15.8. The van der Waals surface area contributed by atoms with E-state index < -0.39 is 10.0 Å². The molecular weight excluding hydrogens is 328 g/mol. The third kappa shape index (κ3) is 2.55. The van der Waals surface area contributed by atoms with Gasteiger partial charge in [-0.25, -0.2) is 8.42 Å². The molecule has 0 radical (unpaired) electrons. The normalized spacial score (nSPS) is 22.5. The summed E-state index contributed by atoms with van der Waals surface area (Å²) in [4.78, 5) is 0.243. The van der Waals surface area contributed by atoms with Gasteiger partial charge in [0.25, 0.3) is 0 Å². The summed E-state index contributed by atoms with van der Waals surface area (Å²) < 4.78 is 31.2. The molecule has 2 aromatic heterocycles. The van der Waals surface area contributed by atoms with E-state index >= 15 is 0 Å². The van der Waals surface area contributed by atoms with E-state index in [0.717, 1.165) is 50.3 Å². The largest absolute Gasteiger partial charge is 0.314 e. The van der Waals surface area contributed by atoms with Crippen LogP contribution in [0.5, 0.6) is 0 Å². The monoisotopic (exact) mass is 350 g/mol. The molecule has 1 fully saturated rings. The predicted octanol–water partition coefficient (Wildman–Crippen LogP) is 1.26. The number of hydrogen-bond acceptors (Lipinski definition) is 5. The Morgan fingerprint density at radius 1 is 1.12 bits per heavy atom. The van der Waals surface area contributed by atoms with Gasteiger partial charge in [-0.3, -0.25) is 4.68 Å². The number of nitrogens with zero attached hydrogens (tertiary/aromatic N) is 6. The Kier molecular flexibility index (Phi) is 3.92. The molecule has 0 amide bonds. The molecule has 4 heterocycles. The van der Waals surface area contributed by atoms with Crippen LogP contribution in [-0.2, 0) is 30.0 Å². The molecule has 1 saturated heterocycles. The van der Waals surface area contributed by atoms with Crippen LogP contribution in [0.4, 0.5) is 0 Å². The lowest BCUT2D eigenvalue weighted by Crippen LogP contribution is -2.32. The van der Waals surface area contributed by atoms with Crippen LogP contribution in [0.2, 0.25) is 0 Å². The molecule has 0 aliphatic carbocycles. The molecule has 24 heavy (non-hydrogen) atoms. The lowest BCUT2D eigenvalue weighted by molar-refractivity contribution is 0.370. The first-order chi connectivity index (χ1) is 11.6. The fourth-order valence-electron chi connectivity index (χ4n) is 3.71. The van der Waals surface area contributed by atoms with Crippen molar-refractivity contribution in [3.63, 3.8) is 0 Å². The van der Waals surface area contributed by atoms with Crippen molar-refractivity contribution in [3.8, 4) is 0 Å². The fraction of sp³-hybridized carbons (Fsp3) is 0.667. The Morgan fingerprint density at radius 3 is 2.79 bits per heavy atom. The van der Waals surface area contributed by atoms with Crippen molar-refractivity contribution in [2.75, 3.05) is 6.54 Å². The van der Waals surface area contributed by atoms with Crippen molar-refractivity contribution in [1.29, 1.82) is 0 Å². The number of hydrogen-bond donors (Lipinski definition) is 0. The summed E-state index contributed by atoms with van der Waals surface area (Å²) in [5, 5.41) is 12.7. The standard InChI is InChI=1S/C15H22N6O2S/c1-19-11-12(10-16-19)24(22,23)21-9-5-6-13(21)15-18-17-14-7-3-2-4-8-20(14)15/h10-11,13H,2-9H2,1H3. The molecule has 0 saturated carbocycles. The van der Waals surface area contributed by atoms with Crippen molar-refractivity contribution in [2.24, 2.45) is 7.05 Å².